The van der Waals surface area contributed by atoms with Gasteiger partial charge in [-0.1, -0.05) is 29.8 Å². The fourth-order valence-electron chi connectivity index (χ4n) is 2.70. The first kappa shape index (κ1) is 20.9. The molecule has 6 heteroatoms. The van der Waals surface area contributed by atoms with Crippen LogP contribution < -0.4 is 19.6 Å². The highest BCUT2D eigenvalue weighted by molar-refractivity contribution is 5.95. The van der Waals surface area contributed by atoms with Gasteiger partial charge in [0, 0.05) is 5.56 Å². The highest BCUT2D eigenvalue weighted by Crippen LogP contribution is 2.28. The van der Waals surface area contributed by atoms with Crippen molar-refractivity contribution >= 4 is 12.1 Å². The molecular weight excluding hydrogens is 380 g/mol. The van der Waals surface area contributed by atoms with E-state index in [1.165, 1.54) is 5.56 Å². The van der Waals surface area contributed by atoms with Crippen LogP contribution in [0.5, 0.6) is 17.2 Å². The number of nitrogens with one attached hydrogen (secondary N) is 1. The normalized spacial score (nSPS) is 10.6. The molecule has 0 fully saturated rings. The topological polar surface area (TPSA) is 69.2 Å². The minimum atomic E-state index is -0.307. The first-order valence-electron chi connectivity index (χ1n) is 9.43. The van der Waals surface area contributed by atoms with E-state index in [1.807, 2.05) is 31.2 Å². The second kappa shape index (κ2) is 10.1. The fourth-order valence-corrected chi connectivity index (χ4v) is 2.70. The molecule has 0 aliphatic carbocycles. The van der Waals surface area contributed by atoms with Crippen molar-refractivity contribution < 1.29 is 19.0 Å². The summed E-state index contributed by atoms with van der Waals surface area (Å²) in [4.78, 5) is 12.1. The van der Waals surface area contributed by atoms with Crippen molar-refractivity contribution in [3.8, 4) is 17.2 Å². The first-order valence-corrected chi connectivity index (χ1v) is 9.43. The Balaban J connectivity index is 1.60. The lowest BCUT2D eigenvalue weighted by Crippen LogP contribution is -2.17. The number of carbonyl (C=O) groups is 1. The number of rotatable bonds is 8. The second-order valence-electron chi connectivity index (χ2n) is 6.61. The summed E-state index contributed by atoms with van der Waals surface area (Å²) in [5.41, 5.74) is 6.05. The Morgan fingerprint density at radius 3 is 2.33 bits per heavy atom. The number of ether oxygens (including phenoxy) is 3. The molecule has 0 bridgehead atoms. The Bertz CT molecular complexity index is 1010. The van der Waals surface area contributed by atoms with Gasteiger partial charge in [0.15, 0.2) is 11.5 Å². The van der Waals surface area contributed by atoms with Crippen LogP contribution in [0.3, 0.4) is 0 Å². The molecule has 154 valence electrons. The van der Waals surface area contributed by atoms with Gasteiger partial charge >= 0.3 is 0 Å². The molecule has 0 aromatic heterocycles. The molecule has 0 aliphatic rings. The van der Waals surface area contributed by atoms with Gasteiger partial charge in [0.2, 0.25) is 0 Å². The largest absolute Gasteiger partial charge is 0.497 e. The van der Waals surface area contributed by atoms with Crippen LogP contribution in [0, 0.1) is 6.92 Å². The Labute approximate surface area is 176 Å². The summed E-state index contributed by atoms with van der Waals surface area (Å²) in [6.45, 7) is 2.50. The summed E-state index contributed by atoms with van der Waals surface area (Å²) in [5.74, 6) is 1.61. The molecule has 30 heavy (non-hydrogen) atoms. The molecule has 0 saturated carbocycles. The zero-order valence-electron chi connectivity index (χ0n) is 17.2. The number of benzene rings is 3. The van der Waals surface area contributed by atoms with Crippen molar-refractivity contribution in [3.05, 3.63) is 89.0 Å². The Kier molecular flexibility index (Phi) is 7.05. The number of aryl methyl sites for hydroxylation is 1. The van der Waals surface area contributed by atoms with Gasteiger partial charge < -0.3 is 14.2 Å². The smallest absolute Gasteiger partial charge is 0.271 e. The zero-order valence-corrected chi connectivity index (χ0v) is 17.2. The van der Waals surface area contributed by atoms with Crippen LogP contribution in [-0.2, 0) is 6.61 Å². The van der Waals surface area contributed by atoms with Crippen LogP contribution in [0.4, 0.5) is 0 Å². The third-order valence-corrected chi connectivity index (χ3v) is 4.43. The maximum atomic E-state index is 12.1. The van der Waals surface area contributed by atoms with Gasteiger partial charge in [-0.05, 0) is 60.5 Å². The molecule has 0 unspecified atom stereocenters. The summed E-state index contributed by atoms with van der Waals surface area (Å²) in [7, 11) is 3.16. The van der Waals surface area contributed by atoms with Crippen molar-refractivity contribution in [3.63, 3.8) is 0 Å². The summed E-state index contributed by atoms with van der Waals surface area (Å²) in [6, 6.07) is 20.4. The van der Waals surface area contributed by atoms with Gasteiger partial charge in [-0.25, -0.2) is 5.43 Å². The van der Waals surface area contributed by atoms with Crippen LogP contribution in [0.1, 0.15) is 27.0 Å². The summed E-state index contributed by atoms with van der Waals surface area (Å²) in [5, 5.41) is 4.02. The van der Waals surface area contributed by atoms with E-state index in [4.69, 9.17) is 14.2 Å². The lowest BCUT2D eigenvalue weighted by atomic mass is 10.2. The number of hydrogen-bond donors (Lipinski definition) is 1. The number of hydrazone groups is 1. The van der Waals surface area contributed by atoms with Gasteiger partial charge in [-0.3, -0.25) is 4.79 Å². The van der Waals surface area contributed by atoms with Crippen LogP contribution in [0.2, 0.25) is 0 Å². The lowest BCUT2D eigenvalue weighted by Gasteiger charge is -2.11. The maximum absolute atomic E-state index is 12.1. The van der Waals surface area contributed by atoms with E-state index in [0.29, 0.717) is 29.4 Å². The molecule has 6 nitrogen and oxygen atoms in total. The highest BCUT2D eigenvalue weighted by Gasteiger charge is 2.07. The average Bonchev–Trinajstić information content (AvgIpc) is 2.79. The number of amides is 1. The number of hydrogen-bond acceptors (Lipinski definition) is 5. The lowest BCUT2D eigenvalue weighted by molar-refractivity contribution is 0.0955. The first-order chi connectivity index (χ1) is 14.6. The van der Waals surface area contributed by atoms with E-state index in [2.05, 4.69) is 22.7 Å². The molecule has 0 atom stereocenters. The zero-order chi connectivity index (χ0) is 21.3. The van der Waals surface area contributed by atoms with Gasteiger partial charge in [0.05, 0.1) is 20.4 Å². The van der Waals surface area contributed by atoms with Crippen molar-refractivity contribution in [2.45, 2.75) is 13.5 Å². The number of methoxy groups -OCH3 is 2. The van der Waals surface area contributed by atoms with E-state index in [0.717, 1.165) is 11.1 Å². The van der Waals surface area contributed by atoms with Crippen LogP contribution in [0.15, 0.2) is 71.8 Å². The van der Waals surface area contributed by atoms with E-state index in [-0.39, 0.29) is 5.91 Å². The molecule has 0 radical (unpaired) electrons. The minimum absolute atomic E-state index is 0.307. The van der Waals surface area contributed by atoms with Crippen molar-refractivity contribution in [2.24, 2.45) is 5.10 Å². The molecule has 1 amide bonds. The van der Waals surface area contributed by atoms with Gasteiger partial charge in [-0.2, -0.15) is 5.10 Å². The van der Waals surface area contributed by atoms with Gasteiger partial charge in [0.25, 0.3) is 5.91 Å². The van der Waals surface area contributed by atoms with Crippen molar-refractivity contribution in [1.82, 2.24) is 5.43 Å². The van der Waals surface area contributed by atoms with Gasteiger partial charge in [0.1, 0.15) is 12.4 Å². The monoisotopic (exact) mass is 404 g/mol. The summed E-state index contributed by atoms with van der Waals surface area (Å²) in [6.07, 6.45) is 1.55. The third kappa shape index (κ3) is 5.61. The Morgan fingerprint density at radius 1 is 0.933 bits per heavy atom. The Morgan fingerprint density at radius 2 is 1.67 bits per heavy atom. The van der Waals surface area contributed by atoms with Gasteiger partial charge in [-0.15, -0.1) is 0 Å². The minimum Gasteiger partial charge on any atom is -0.497 e. The van der Waals surface area contributed by atoms with Crippen LogP contribution in [0.25, 0.3) is 0 Å². The highest BCUT2D eigenvalue weighted by atomic mass is 16.5. The molecule has 1 N–H and O–H groups in total. The molecule has 0 aliphatic heterocycles. The molecule has 0 spiro atoms. The Hall–Kier alpha value is -3.80. The standard InChI is InChI=1S/C24H24N2O4/c1-17-4-6-18(7-5-17)16-30-22-13-8-19(14-23(22)29-3)15-25-26-24(27)20-9-11-21(28-2)12-10-20/h4-15H,16H2,1-3H3,(H,26,27). The third-order valence-electron chi connectivity index (χ3n) is 4.43. The van der Waals surface area contributed by atoms with Crippen LogP contribution in [-0.4, -0.2) is 26.3 Å². The second-order valence-corrected chi connectivity index (χ2v) is 6.61. The van der Waals surface area contributed by atoms with E-state index < -0.39 is 0 Å². The molecule has 0 heterocycles. The quantitative estimate of drug-likeness (QED) is 0.448. The molecule has 3 aromatic rings. The van der Waals surface area contributed by atoms with Crippen LogP contribution >= 0.6 is 0 Å². The van der Waals surface area contributed by atoms with Crippen molar-refractivity contribution in [2.75, 3.05) is 14.2 Å². The molecule has 3 rings (SSSR count). The predicted octanol–water partition coefficient (Wildman–Crippen LogP) is 4.36. The molecule has 0 saturated heterocycles. The maximum Gasteiger partial charge on any atom is 0.271 e. The fraction of sp³-hybridized carbons (Fsp3) is 0.167. The SMILES string of the molecule is COc1ccc(C(=O)NN=Cc2ccc(OCc3ccc(C)cc3)c(OC)c2)cc1. The average molecular weight is 404 g/mol. The van der Waals surface area contributed by atoms with E-state index in [9.17, 15) is 4.79 Å². The number of carbonyl (C=O) groups excluding carboxylic acids is 1. The predicted molar refractivity (Wildman–Crippen MR) is 117 cm³/mol. The van der Waals surface area contributed by atoms with E-state index >= 15 is 0 Å². The number of nitrogens with zero attached hydrogens (tertiary/aromatic N) is 1. The molecular formula is C24H24N2O4. The summed E-state index contributed by atoms with van der Waals surface area (Å²) < 4.78 is 16.4. The molecule has 3 aromatic carbocycles. The van der Waals surface area contributed by atoms with E-state index in [1.54, 1.807) is 50.8 Å². The van der Waals surface area contributed by atoms with Crippen molar-refractivity contribution in [1.29, 1.82) is 0 Å². The summed E-state index contributed by atoms with van der Waals surface area (Å²) >= 11 is 0.